The monoisotopic (exact) mass is 426 g/mol. The van der Waals surface area contributed by atoms with Gasteiger partial charge in [0.2, 0.25) is 0 Å². The molecule has 0 unspecified atom stereocenters. The van der Waals surface area contributed by atoms with E-state index in [0.29, 0.717) is 0 Å². The second kappa shape index (κ2) is 10.4. The lowest BCUT2D eigenvalue weighted by Crippen LogP contribution is -3.29. The van der Waals surface area contributed by atoms with Gasteiger partial charge in [-0.15, -0.1) is 0 Å². The lowest BCUT2D eigenvalue weighted by Gasteiger charge is -2.38. The molecule has 0 amide bonds. The highest BCUT2D eigenvalue weighted by Crippen LogP contribution is 2.34. The van der Waals surface area contributed by atoms with Gasteiger partial charge in [0.15, 0.2) is 11.5 Å². The third kappa shape index (κ3) is 5.16. The van der Waals surface area contributed by atoms with Gasteiger partial charge in [-0.2, -0.15) is 0 Å². The fourth-order valence-electron chi connectivity index (χ4n) is 5.57. The Balaban J connectivity index is 1.30. The molecule has 1 saturated carbocycles. The van der Waals surface area contributed by atoms with Gasteiger partial charge in [0.1, 0.15) is 38.5 Å². The SMILES string of the molecule is COc1cc(OC)c(OC)cc1C[NH+]1CC[NH+](C2CCC(c3ccccc3)CC2)CC1. The van der Waals surface area contributed by atoms with Crippen molar-refractivity contribution >= 4 is 0 Å². The zero-order chi connectivity index (χ0) is 21.6. The highest BCUT2D eigenvalue weighted by atomic mass is 16.5. The summed E-state index contributed by atoms with van der Waals surface area (Å²) in [4.78, 5) is 3.46. The fourth-order valence-corrected chi connectivity index (χ4v) is 5.57. The van der Waals surface area contributed by atoms with Crippen LogP contribution < -0.4 is 24.0 Å². The first-order valence-corrected chi connectivity index (χ1v) is 11.7. The molecule has 4 rings (SSSR count). The normalized spacial score (nSPS) is 26.3. The van der Waals surface area contributed by atoms with Crippen molar-refractivity contribution in [3.63, 3.8) is 0 Å². The number of ether oxygens (including phenoxy) is 3. The molecule has 0 spiro atoms. The van der Waals surface area contributed by atoms with Crippen molar-refractivity contribution in [2.45, 2.75) is 44.2 Å². The Morgan fingerprint density at radius 3 is 1.97 bits per heavy atom. The van der Waals surface area contributed by atoms with E-state index in [1.54, 1.807) is 26.2 Å². The van der Waals surface area contributed by atoms with E-state index in [-0.39, 0.29) is 0 Å². The highest BCUT2D eigenvalue weighted by Gasteiger charge is 2.33. The molecule has 168 valence electrons. The molecule has 5 heteroatoms. The summed E-state index contributed by atoms with van der Waals surface area (Å²) in [6, 6.07) is 16.0. The first kappa shape index (κ1) is 22.0. The maximum absolute atomic E-state index is 5.64. The van der Waals surface area contributed by atoms with E-state index in [9.17, 15) is 0 Å². The van der Waals surface area contributed by atoms with Crippen LogP contribution in [0.4, 0.5) is 0 Å². The number of hydrogen-bond acceptors (Lipinski definition) is 3. The third-order valence-corrected chi connectivity index (χ3v) is 7.40. The van der Waals surface area contributed by atoms with Crippen molar-refractivity contribution in [3.05, 3.63) is 53.6 Å². The fraction of sp³-hybridized carbons (Fsp3) is 0.538. The number of benzene rings is 2. The summed E-state index contributed by atoms with van der Waals surface area (Å²) in [5, 5.41) is 0. The molecule has 0 radical (unpaired) electrons. The van der Waals surface area contributed by atoms with Crippen LogP contribution in [-0.2, 0) is 6.54 Å². The molecule has 1 aliphatic heterocycles. The number of quaternary nitrogens is 2. The van der Waals surface area contributed by atoms with Gasteiger partial charge in [-0.25, -0.2) is 0 Å². The van der Waals surface area contributed by atoms with E-state index in [1.165, 1.54) is 63.0 Å². The quantitative estimate of drug-likeness (QED) is 0.708. The average Bonchev–Trinajstić information content (AvgIpc) is 2.85. The van der Waals surface area contributed by atoms with Crippen molar-refractivity contribution in [1.82, 2.24) is 0 Å². The van der Waals surface area contributed by atoms with Gasteiger partial charge in [0.25, 0.3) is 0 Å². The van der Waals surface area contributed by atoms with E-state index in [0.717, 1.165) is 35.8 Å². The topological polar surface area (TPSA) is 36.6 Å². The van der Waals surface area contributed by atoms with Crippen LogP contribution in [-0.4, -0.2) is 53.6 Å². The molecule has 1 heterocycles. The summed E-state index contributed by atoms with van der Waals surface area (Å²) in [5.41, 5.74) is 2.73. The first-order chi connectivity index (χ1) is 15.2. The number of hydrogen-bond donors (Lipinski definition) is 2. The largest absolute Gasteiger partial charge is 0.496 e. The van der Waals surface area contributed by atoms with Crippen molar-refractivity contribution in [1.29, 1.82) is 0 Å². The van der Waals surface area contributed by atoms with Gasteiger partial charge in [0.05, 0.1) is 32.9 Å². The van der Waals surface area contributed by atoms with Crippen LogP contribution in [0.3, 0.4) is 0 Å². The second-order valence-corrected chi connectivity index (χ2v) is 9.06. The maximum Gasteiger partial charge on any atom is 0.164 e. The predicted octanol–water partition coefficient (Wildman–Crippen LogP) is 1.72. The van der Waals surface area contributed by atoms with Crippen LogP contribution in [0.25, 0.3) is 0 Å². The van der Waals surface area contributed by atoms with E-state index in [2.05, 4.69) is 36.4 Å². The van der Waals surface area contributed by atoms with E-state index in [4.69, 9.17) is 14.2 Å². The predicted molar refractivity (Wildman–Crippen MR) is 123 cm³/mol. The van der Waals surface area contributed by atoms with Crippen LogP contribution in [0, 0.1) is 0 Å². The molecule has 2 aliphatic rings. The van der Waals surface area contributed by atoms with Gasteiger partial charge >= 0.3 is 0 Å². The minimum atomic E-state index is 0.721. The molecule has 0 bridgehead atoms. The molecular formula is C26H38N2O3+2. The van der Waals surface area contributed by atoms with Crippen molar-refractivity contribution in [3.8, 4) is 17.2 Å². The zero-order valence-electron chi connectivity index (χ0n) is 19.3. The van der Waals surface area contributed by atoms with Crippen LogP contribution in [0.5, 0.6) is 17.2 Å². The number of methoxy groups -OCH3 is 3. The summed E-state index contributed by atoms with van der Waals surface area (Å²) in [6.45, 7) is 5.94. The Bertz CT molecular complexity index is 826. The molecule has 1 aliphatic carbocycles. The molecule has 0 aromatic heterocycles. The van der Waals surface area contributed by atoms with Crippen molar-refractivity contribution in [2.75, 3.05) is 47.5 Å². The summed E-state index contributed by atoms with van der Waals surface area (Å²) < 4.78 is 16.6. The van der Waals surface area contributed by atoms with Gasteiger partial charge in [-0.05, 0) is 43.2 Å². The minimum Gasteiger partial charge on any atom is -0.496 e. The number of rotatable bonds is 7. The standard InChI is InChI=1S/C26H36N2O3/c1-29-24-18-26(31-3)25(30-2)17-22(24)19-27-13-15-28(16-14-27)23-11-9-21(10-12-23)20-7-5-4-6-8-20/h4-8,17-18,21,23H,9-16,19H2,1-3H3/p+2. The summed E-state index contributed by atoms with van der Waals surface area (Å²) >= 11 is 0. The van der Waals surface area contributed by atoms with Gasteiger partial charge in [-0.3, -0.25) is 0 Å². The van der Waals surface area contributed by atoms with E-state index >= 15 is 0 Å². The summed E-state index contributed by atoms with van der Waals surface area (Å²) in [7, 11) is 5.08. The molecule has 1 saturated heterocycles. The lowest BCUT2D eigenvalue weighted by molar-refractivity contribution is -1.03. The summed E-state index contributed by atoms with van der Waals surface area (Å²) in [6.07, 6.45) is 5.43. The molecule has 5 nitrogen and oxygen atoms in total. The molecule has 2 N–H and O–H groups in total. The van der Waals surface area contributed by atoms with E-state index in [1.807, 2.05) is 11.0 Å². The molecule has 2 aromatic carbocycles. The molecule has 31 heavy (non-hydrogen) atoms. The molecule has 2 fully saturated rings. The molecular weight excluding hydrogens is 388 g/mol. The van der Waals surface area contributed by atoms with E-state index < -0.39 is 0 Å². The van der Waals surface area contributed by atoms with Crippen LogP contribution in [0.15, 0.2) is 42.5 Å². The van der Waals surface area contributed by atoms with Crippen molar-refractivity contribution < 1.29 is 24.0 Å². The summed E-state index contributed by atoms with van der Waals surface area (Å²) in [5.74, 6) is 3.15. The molecule has 0 atom stereocenters. The second-order valence-electron chi connectivity index (χ2n) is 9.06. The van der Waals surface area contributed by atoms with Gasteiger partial charge in [-0.1, -0.05) is 30.3 Å². The zero-order valence-corrected chi connectivity index (χ0v) is 19.3. The third-order valence-electron chi connectivity index (χ3n) is 7.40. The van der Waals surface area contributed by atoms with Crippen LogP contribution in [0.2, 0.25) is 0 Å². The molecule has 2 aromatic rings. The van der Waals surface area contributed by atoms with Crippen LogP contribution in [0.1, 0.15) is 42.7 Å². The Morgan fingerprint density at radius 2 is 1.35 bits per heavy atom. The van der Waals surface area contributed by atoms with Crippen molar-refractivity contribution in [2.24, 2.45) is 0 Å². The Labute approximate surface area is 186 Å². The Kier molecular flexibility index (Phi) is 7.36. The van der Waals surface area contributed by atoms with Gasteiger partial charge in [0, 0.05) is 6.07 Å². The maximum atomic E-state index is 5.64. The Morgan fingerprint density at radius 1 is 0.742 bits per heavy atom. The lowest BCUT2D eigenvalue weighted by atomic mass is 9.81. The highest BCUT2D eigenvalue weighted by molar-refractivity contribution is 5.50. The van der Waals surface area contributed by atoms with Gasteiger partial charge < -0.3 is 24.0 Å². The Hall–Kier alpha value is -2.24. The average molecular weight is 427 g/mol. The first-order valence-electron chi connectivity index (χ1n) is 11.7. The number of nitrogens with one attached hydrogen (secondary N) is 2. The number of piperazine rings is 1. The van der Waals surface area contributed by atoms with Crippen LogP contribution >= 0.6 is 0 Å². The smallest absolute Gasteiger partial charge is 0.164 e. The minimum absolute atomic E-state index is 0.721.